The number of fused-ring (bicyclic) bond motifs is 2. The van der Waals surface area contributed by atoms with E-state index in [0.717, 1.165) is 6.54 Å². The summed E-state index contributed by atoms with van der Waals surface area (Å²) in [5.74, 6) is 1.39. The number of nitrogens with one attached hydrogen (secondary N) is 1. The van der Waals surface area contributed by atoms with Gasteiger partial charge in [0.25, 0.3) is 5.56 Å². The van der Waals surface area contributed by atoms with Crippen LogP contribution in [0.1, 0.15) is 50.8 Å². The summed E-state index contributed by atoms with van der Waals surface area (Å²) in [6, 6.07) is 7.98. The number of aryl methyl sites for hydroxylation is 1. The van der Waals surface area contributed by atoms with Gasteiger partial charge < -0.3 is 19.5 Å². The molecule has 2 fully saturated rings. The molecule has 2 aliphatic rings. The Bertz CT molecular complexity index is 958. The number of methoxy groups -OCH3 is 1. The van der Waals surface area contributed by atoms with Crippen LogP contribution >= 0.6 is 0 Å². The molecule has 0 spiro atoms. The van der Waals surface area contributed by atoms with E-state index in [4.69, 9.17) is 4.74 Å². The number of carbonyl (C=O) groups is 1. The van der Waals surface area contributed by atoms with Gasteiger partial charge in [-0.25, -0.2) is 4.98 Å². The van der Waals surface area contributed by atoms with Crippen LogP contribution in [0.4, 0.5) is 0 Å². The number of ether oxygens (including phenoxy) is 1. The number of para-hydroxylation sites is 1. The van der Waals surface area contributed by atoms with Crippen LogP contribution in [0.25, 0.3) is 10.9 Å². The molecule has 1 amide bonds. The van der Waals surface area contributed by atoms with Crippen LogP contribution in [-0.2, 0) is 16.0 Å². The van der Waals surface area contributed by atoms with Crippen LogP contribution in [0, 0.1) is 5.92 Å². The number of H-pyrrole nitrogens is 1. The van der Waals surface area contributed by atoms with Crippen molar-refractivity contribution in [2.45, 2.75) is 57.4 Å². The third-order valence-corrected chi connectivity index (χ3v) is 7.07. The third kappa shape index (κ3) is 5.56. The van der Waals surface area contributed by atoms with Crippen LogP contribution in [0.15, 0.2) is 29.1 Å². The summed E-state index contributed by atoms with van der Waals surface area (Å²) >= 11 is 0. The van der Waals surface area contributed by atoms with E-state index in [9.17, 15) is 9.59 Å². The predicted octanol–water partition coefficient (Wildman–Crippen LogP) is 2.99. The van der Waals surface area contributed by atoms with Crippen LogP contribution in [-0.4, -0.2) is 71.6 Å². The van der Waals surface area contributed by atoms with Gasteiger partial charge in [0.2, 0.25) is 5.91 Å². The smallest absolute Gasteiger partial charge is 0.258 e. The summed E-state index contributed by atoms with van der Waals surface area (Å²) in [6.07, 6.45) is 8.03. The van der Waals surface area contributed by atoms with E-state index < -0.39 is 0 Å². The number of benzene rings is 1. The fraction of sp³-hybridized carbons (Fsp3) is 0.640. The molecule has 2 saturated heterocycles. The number of piperidine rings is 2. The molecule has 7 heteroatoms. The highest BCUT2D eigenvalue weighted by atomic mass is 16.5. The Kier molecular flexibility index (Phi) is 7.92. The van der Waals surface area contributed by atoms with E-state index in [-0.39, 0.29) is 11.5 Å². The molecular formula is C25H36N4O3. The van der Waals surface area contributed by atoms with Gasteiger partial charge in [0.05, 0.1) is 17.5 Å². The molecule has 2 aromatic rings. The van der Waals surface area contributed by atoms with Crippen LogP contribution in [0.3, 0.4) is 0 Å². The van der Waals surface area contributed by atoms with Gasteiger partial charge in [-0.1, -0.05) is 18.6 Å². The third-order valence-electron chi connectivity index (χ3n) is 7.07. The number of amides is 1. The normalized spacial score (nSPS) is 21.4. The Balaban J connectivity index is 1.35. The Morgan fingerprint density at radius 3 is 2.94 bits per heavy atom. The van der Waals surface area contributed by atoms with Crippen molar-refractivity contribution in [2.75, 3.05) is 39.9 Å². The second kappa shape index (κ2) is 11.1. The fourth-order valence-corrected chi connectivity index (χ4v) is 5.41. The molecule has 4 rings (SSSR count). The molecule has 0 radical (unpaired) electrons. The average Bonchev–Trinajstić information content (AvgIpc) is 2.82. The largest absolute Gasteiger partial charge is 0.383 e. The molecule has 7 nitrogen and oxygen atoms in total. The van der Waals surface area contributed by atoms with E-state index >= 15 is 0 Å². The zero-order valence-electron chi connectivity index (χ0n) is 19.2. The SMILES string of the molecule is COCCN(C[C@@H]1CCCN2CCCC[C@H]12)C(=O)CCCc1nc2ccccc2c(=O)[nH]1. The van der Waals surface area contributed by atoms with Crippen molar-refractivity contribution in [3.8, 4) is 0 Å². The topological polar surface area (TPSA) is 78.5 Å². The standard InChI is InChI=1S/C25H36N4O3/c1-32-17-16-29(18-19-8-7-15-28-14-5-4-11-22(19)28)24(30)13-6-12-23-26-21-10-3-2-9-20(21)25(31)27-23/h2-3,9-10,19,22H,4-8,11-18H2,1H3,(H,26,27,31)/t19-,22+/m0/s1. The Hall–Kier alpha value is -2.25. The highest BCUT2D eigenvalue weighted by molar-refractivity contribution is 5.77. The lowest BCUT2D eigenvalue weighted by Gasteiger charge is -2.45. The molecule has 32 heavy (non-hydrogen) atoms. The van der Waals surface area contributed by atoms with E-state index in [1.807, 2.05) is 23.1 Å². The van der Waals surface area contributed by atoms with E-state index in [1.54, 1.807) is 13.2 Å². The molecule has 1 aromatic heterocycles. The number of carbonyl (C=O) groups excluding carboxylic acids is 1. The summed E-state index contributed by atoms with van der Waals surface area (Å²) in [5.41, 5.74) is 0.585. The van der Waals surface area contributed by atoms with E-state index in [2.05, 4.69) is 14.9 Å². The Labute approximate surface area is 190 Å². The number of aromatic nitrogens is 2. The number of hydrogen-bond donors (Lipinski definition) is 1. The maximum absolute atomic E-state index is 13.1. The summed E-state index contributed by atoms with van der Waals surface area (Å²) in [6.45, 7) is 4.46. The molecule has 2 atom stereocenters. The molecule has 0 saturated carbocycles. The van der Waals surface area contributed by atoms with Gasteiger partial charge in [0.1, 0.15) is 5.82 Å². The maximum atomic E-state index is 13.1. The molecule has 0 bridgehead atoms. The minimum Gasteiger partial charge on any atom is -0.383 e. The van der Waals surface area contributed by atoms with Gasteiger partial charge in [-0.05, 0) is 63.2 Å². The highest BCUT2D eigenvalue weighted by Crippen LogP contribution is 2.31. The van der Waals surface area contributed by atoms with Gasteiger partial charge in [-0.2, -0.15) is 0 Å². The molecular weight excluding hydrogens is 404 g/mol. The summed E-state index contributed by atoms with van der Waals surface area (Å²) in [5, 5.41) is 0.599. The predicted molar refractivity (Wildman–Crippen MR) is 126 cm³/mol. The molecule has 1 aromatic carbocycles. The van der Waals surface area contributed by atoms with Crippen molar-refractivity contribution in [1.82, 2.24) is 19.8 Å². The van der Waals surface area contributed by atoms with Gasteiger partial charge in [0.15, 0.2) is 0 Å². The number of aromatic amines is 1. The lowest BCUT2D eigenvalue weighted by atomic mass is 9.83. The van der Waals surface area contributed by atoms with E-state index in [0.29, 0.717) is 61.1 Å². The maximum Gasteiger partial charge on any atom is 0.258 e. The van der Waals surface area contributed by atoms with Crippen LogP contribution < -0.4 is 5.56 Å². The first-order valence-corrected chi connectivity index (χ1v) is 12.1. The van der Waals surface area contributed by atoms with Gasteiger partial charge in [0, 0.05) is 39.1 Å². The summed E-state index contributed by atoms with van der Waals surface area (Å²) in [4.78, 5) is 37.5. The summed E-state index contributed by atoms with van der Waals surface area (Å²) < 4.78 is 5.29. The first kappa shape index (κ1) is 22.9. The Morgan fingerprint density at radius 1 is 1.22 bits per heavy atom. The molecule has 0 unspecified atom stereocenters. The number of rotatable bonds is 9. The minimum absolute atomic E-state index is 0.118. The molecule has 2 aliphatic heterocycles. The molecule has 0 aliphatic carbocycles. The van der Waals surface area contributed by atoms with Gasteiger partial charge in [-0.15, -0.1) is 0 Å². The average molecular weight is 441 g/mol. The van der Waals surface area contributed by atoms with Crippen molar-refractivity contribution in [3.05, 3.63) is 40.4 Å². The second-order valence-corrected chi connectivity index (χ2v) is 9.22. The Morgan fingerprint density at radius 2 is 2.06 bits per heavy atom. The van der Waals surface area contributed by atoms with E-state index in [1.165, 1.54) is 45.2 Å². The van der Waals surface area contributed by atoms with Crippen LogP contribution in [0.2, 0.25) is 0 Å². The monoisotopic (exact) mass is 440 g/mol. The summed E-state index contributed by atoms with van der Waals surface area (Å²) in [7, 11) is 1.69. The van der Waals surface area contributed by atoms with Crippen molar-refractivity contribution in [1.29, 1.82) is 0 Å². The highest BCUT2D eigenvalue weighted by Gasteiger charge is 2.34. The van der Waals surface area contributed by atoms with Crippen molar-refractivity contribution < 1.29 is 9.53 Å². The molecule has 1 N–H and O–H groups in total. The second-order valence-electron chi connectivity index (χ2n) is 9.22. The van der Waals surface area contributed by atoms with Crippen molar-refractivity contribution in [3.63, 3.8) is 0 Å². The molecule has 174 valence electrons. The lowest BCUT2D eigenvalue weighted by molar-refractivity contribution is -0.133. The minimum atomic E-state index is -0.118. The first-order chi connectivity index (χ1) is 15.7. The number of hydrogen-bond acceptors (Lipinski definition) is 5. The van der Waals surface area contributed by atoms with Crippen molar-refractivity contribution >= 4 is 16.8 Å². The van der Waals surface area contributed by atoms with Crippen molar-refractivity contribution in [2.24, 2.45) is 5.92 Å². The fourth-order valence-electron chi connectivity index (χ4n) is 5.41. The van der Waals surface area contributed by atoms with Crippen LogP contribution in [0.5, 0.6) is 0 Å². The van der Waals surface area contributed by atoms with Gasteiger partial charge >= 0.3 is 0 Å². The quantitative estimate of drug-likeness (QED) is 0.649. The molecule has 3 heterocycles. The zero-order chi connectivity index (χ0) is 22.3. The lowest BCUT2D eigenvalue weighted by Crippen LogP contribution is -2.52. The first-order valence-electron chi connectivity index (χ1n) is 12.1. The van der Waals surface area contributed by atoms with Gasteiger partial charge in [-0.3, -0.25) is 9.59 Å². The number of nitrogens with zero attached hydrogens (tertiary/aromatic N) is 3. The zero-order valence-corrected chi connectivity index (χ0v) is 19.2.